The molecule has 0 aliphatic heterocycles. The lowest BCUT2D eigenvalue weighted by atomic mass is 10.0. The first-order chi connectivity index (χ1) is 21.1. The second-order valence-electron chi connectivity index (χ2n) is 10.7. The number of hydrogen-bond acceptors (Lipinski definition) is 4. The zero-order chi connectivity index (χ0) is 31.7. The molecule has 0 radical (unpaired) electrons. The largest absolute Gasteiger partial charge is 0.354 e. The number of anilines is 1. The van der Waals surface area contributed by atoms with Gasteiger partial charge >= 0.3 is 0 Å². The van der Waals surface area contributed by atoms with Crippen LogP contribution in [0.25, 0.3) is 0 Å². The first kappa shape index (κ1) is 32.4. The fraction of sp³-hybridized carbons (Fsp3) is 0.257. The number of rotatable bonds is 13. The van der Waals surface area contributed by atoms with Crippen molar-refractivity contribution in [3.63, 3.8) is 0 Å². The summed E-state index contributed by atoms with van der Waals surface area (Å²) >= 11 is 0. The molecule has 9 heteroatoms. The molecule has 0 aliphatic carbocycles. The number of amides is 2. The van der Waals surface area contributed by atoms with Crippen molar-refractivity contribution in [2.24, 2.45) is 0 Å². The highest BCUT2D eigenvalue weighted by atomic mass is 32.2. The maximum atomic E-state index is 15.0. The van der Waals surface area contributed by atoms with Crippen LogP contribution in [0.4, 0.5) is 10.1 Å². The molecule has 0 aromatic heterocycles. The number of carbonyl (C=O) groups is 2. The lowest BCUT2D eigenvalue weighted by molar-refractivity contribution is -0.140. The highest BCUT2D eigenvalue weighted by Crippen LogP contribution is 2.28. The molecule has 0 saturated carbocycles. The van der Waals surface area contributed by atoms with Crippen LogP contribution in [0.5, 0.6) is 0 Å². The molecular formula is C35H38FN3O4S. The number of halogens is 1. The average molecular weight is 616 g/mol. The molecule has 1 atom stereocenters. The Morgan fingerprint density at radius 3 is 2.14 bits per heavy atom. The van der Waals surface area contributed by atoms with E-state index in [-0.39, 0.29) is 23.4 Å². The zero-order valence-corrected chi connectivity index (χ0v) is 26.1. The van der Waals surface area contributed by atoms with Gasteiger partial charge in [-0.1, -0.05) is 91.3 Å². The lowest BCUT2D eigenvalue weighted by Gasteiger charge is -2.34. The number of carbonyl (C=O) groups excluding carboxylic acids is 2. The van der Waals surface area contributed by atoms with Gasteiger partial charge in [-0.2, -0.15) is 0 Å². The predicted molar refractivity (Wildman–Crippen MR) is 171 cm³/mol. The van der Waals surface area contributed by atoms with Crippen LogP contribution in [-0.2, 0) is 32.6 Å². The predicted octanol–water partition coefficient (Wildman–Crippen LogP) is 5.80. The first-order valence-corrected chi connectivity index (χ1v) is 16.1. The van der Waals surface area contributed by atoms with E-state index in [9.17, 15) is 22.4 Å². The number of nitrogens with one attached hydrogen (secondary N) is 1. The third-order valence-electron chi connectivity index (χ3n) is 7.35. The summed E-state index contributed by atoms with van der Waals surface area (Å²) in [7, 11) is -4.21. The van der Waals surface area contributed by atoms with Gasteiger partial charge < -0.3 is 10.2 Å². The molecular weight excluding hydrogens is 577 g/mol. The van der Waals surface area contributed by atoms with Crippen molar-refractivity contribution >= 4 is 27.5 Å². The fourth-order valence-electron chi connectivity index (χ4n) is 5.05. The molecule has 1 unspecified atom stereocenters. The Balaban J connectivity index is 1.82. The molecule has 0 spiro atoms. The van der Waals surface area contributed by atoms with E-state index in [1.165, 1.54) is 23.1 Å². The van der Waals surface area contributed by atoms with Crippen molar-refractivity contribution in [1.29, 1.82) is 0 Å². The number of sulfonamides is 1. The van der Waals surface area contributed by atoms with E-state index in [0.717, 1.165) is 15.4 Å². The van der Waals surface area contributed by atoms with Crippen LogP contribution >= 0.6 is 0 Å². The summed E-state index contributed by atoms with van der Waals surface area (Å²) in [6.07, 6.45) is 0.840. The first-order valence-electron chi connectivity index (χ1n) is 14.6. The summed E-state index contributed by atoms with van der Waals surface area (Å²) in [5.41, 5.74) is 2.96. The quantitative estimate of drug-likeness (QED) is 0.206. The highest BCUT2D eigenvalue weighted by Gasteiger charge is 2.35. The van der Waals surface area contributed by atoms with Gasteiger partial charge in [-0.3, -0.25) is 13.9 Å². The van der Waals surface area contributed by atoms with Crippen molar-refractivity contribution in [3.8, 4) is 0 Å². The van der Waals surface area contributed by atoms with Crippen LogP contribution < -0.4 is 9.62 Å². The normalized spacial score (nSPS) is 11.9. The monoisotopic (exact) mass is 615 g/mol. The molecule has 230 valence electrons. The van der Waals surface area contributed by atoms with Crippen molar-refractivity contribution in [2.75, 3.05) is 17.4 Å². The fourth-order valence-corrected chi connectivity index (χ4v) is 6.55. The highest BCUT2D eigenvalue weighted by molar-refractivity contribution is 7.92. The summed E-state index contributed by atoms with van der Waals surface area (Å²) in [4.78, 5) is 29.4. The van der Waals surface area contributed by atoms with Crippen molar-refractivity contribution in [1.82, 2.24) is 10.2 Å². The molecule has 7 nitrogen and oxygen atoms in total. The second kappa shape index (κ2) is 14.8. The summed E-state index contributed by atoms with van der Waals surface area (Å²) < 4.78 is 44.3. The van der Waals surface area contributed by atoms with Crippen LogP contribution in [0.3, 0.4) is 0 Å². The standard InChI is InChI=1S/C35H38FN3O4S/c1-4-21-37-35(41)33(23-28-13-7-5-8-14-28)38(24-29-15-11-12-18-31(29)36)34(40)25-39(32-20-19-26(2)22-27(32)3)44(42,43)30-16-9-6-10-17-30/h5-20,22,33H,4,21,23-25H2,1-3H3,(H,37,41). The van der Waals surface area contributed by atoms with Crippen LogP contribution in [0.1, 0.15) is 35.6 Å². The Hall–Kier alpha value is -4.50. The minimum Gasteiger partial charge on any atom is -0.354 e. The molecule has 4 aromatic carbocycles. The Bertz CT molecular complexity index is 1680. The Morgan fingerprint density at radius 1 is 0.864 bits per heavy atom. The van der Waals surface area contributed by atoms with E-state index < -0.39 is 40.2 Å². The topological polar surface area (TPSA) is 86.8 Å². The van der Waals surface area contributed by atoms with Gasteiger partial charge in [0, 0.05) is 25.1 Å². The van der Waals surface area contributed by atoms with Gasteiger partial charge in [-0.15, -0.1) is 0 Å². The second-order valence-corrected chi connectivity index (χ2v) is 12.6. The van der Waals surface area contributed by atoms with Crippen molar-refractivity contribution in [3.05, 3.63) is 131 Å². The van der Waals surface area contributed by atoms with Gasteiger partial charge in [-0.05, 0) is 55.7 Å². The molecule has 1 N–H and O–H groups in total. The number of hydrogen-bond donors (Lipinski definition) is 1. The van der Waals surface area contributed by atoms with Crippen molar-refractivity contribution < 1.29 is 22.4 Å². The van der Waals surface area contributed by atoms with E-state index in [1.807, 2.05) is 50.2 Å². The summed E-state index contributed by atoms with van der Waals surface area (Å²) in [5, 5.41) is 2.89. The Kier molecular flexibility index (Phi) is 10.9. The van der Waals surface area contributed by atoms with Gasteiger partial charge in [0.1, 0.15) is 18.4 Å². The van der Waals surface area contributed by atoms with E-state index in [4.69, 9.17) is 0 Å². The van der Waals surface area contributed by atoms with E-state index in [0.29, 0.717) is 24.2 Å². The molecule has 0 saturated heterocycles. The molecule has 44 heavy (non-hydrogen) atoms. The van der Waals surface area contributed by atoms with Crippen LogP contribution in [0.15, 0.2) is 108 Å². The van der Waals surface area contributed by atoms with E-state index >= 15 is 0 Å². The van der Waals surface area contributed by atoms with Gasteiger partial charge in [0.2, 0.25) is 11.8 Å². The summed E-state index contributed by atoms with van der Waals surface area (Å²) in [6, 6.07) is 27.5. The minimum atomic E-state index is -4.21. The molecule has 4 aromatic rings. The summed E-state index contributed by atoms with van der Waals surface area (Å²) in [5.74, 6) is -1.56. The SMILES string of the molecule is CCCNC(=O)C(Cc1ccccc1)N(Cc1ccccc1F)C(=O)CN(c1ccc(C)cc1C)S(=O)(=O)c1ccccc1. The maximum Gasteiger partial charge on any atom is 0.264 e. The smallest absolute Gasteiger partial charge is 0.264 e. The third-order valence-corrected chi connectivity index (χ3v) is 9.12. The minimum absolute atomic E-state index is 0.0231. The molecule has 0 bridgehead atoms. The number of aryl methyl sites for hydroxylation is 2. The Labute approximate surface area is 259 Å². The third kappa shape index (κ3) is 7.90. The molecule has 4 rings (SSSR count). The molecule has 0 aliphatic rings. The van der Waals surface area contributed by atoms with Gasteiger partial charge in [-0.25, -0.2) is 12.8 Å². The van der Waals surface area contributed by atoms with Gasteiger partial charge in [0.15, 0.2) is 0 Å². The average Bonchev–Trinajstić information content (AvgIpc) is 3.02. The molecule has 2 amide bonds. The van der Waals surface area contributed by atoms with Crippen LogP contribution in [0.2, 0.25) is 0 Å². The lowest BCUT2D eigenvalue weighted by Crippen LogP contribution is -2.53. The molecule has 0 fully saturated rings. The van der Waals surface area contributed by atoms with Crippen LogP contribution in [0, 0.1) is 19.7 Å². The van der Waals surface area contributed by atoms with E-state index in [2.05, 4.69) is 5.32 Å². The van der Waals surface area contributed by atoms with Crippen molar-refractivity contribution in [2.45, 2.75) is 51.1 Å². The van der Waals surface area contributed by atoms with Gasteiger partial charge in [0.25, 0.3) is 10.0 Å². The zero-order valence-electron chi connectivity index (χ0n) is 25.2. The number of benzene rings is 4. The van der Waals surface area contributed by atoms with Crippen LogP contribution in [-0.4, -0.2) is 44.3 Å². The van der Waals surface area contributed by atoms with E-state index in [1.54, 1.807) is 55.5 Å². The Morgan fingerprint density at radius 2 is 1.50 bits per heavy atom. The summed E-state index contributed by atoms with van der Waals surface area (Å²) in [6.45, 7) is 5.18. The maximum absolute atomic E-state index is 15.0. The number of nitrogens with zero attached hydrogens (tertiary/aromatic N) is 2. The molecule has 0 heterocycles. The van der Waals surface area contributed by atoms with Gasteiger partial charge in [0.05, 0.1) is 10.6 Å².